The maximum absolute atomic E-state index is 13.4. The Kier molecular flexibility index (Phi) is 5.06. The van der Waals surface area contributed by atoms with Crippen LogP contribution in [0.3, 0.4) is 0 Å². The Balaban J connectivity index is 2.07. The van der Waals surface area contributed by atoms with E-state index in [9.17, 15) is 4.39 Å². The van der Waals surface area contributed by atoms with Crippen LogP contribution in [0.4, 0.5) is 4.39 Å². The van der Waals surface area contributed by atoms with Crippen molar-refractivity contribution in [3.63, 3.8) is 0 Å². The van der Waals surface area contributed by atoms with E-state index in [2.05, 4.69) is 69.3 Å². The highest BCUT2D eigenvalue weighted by atomic mass is 32.2. The van der Waals surface area contributed by atoms with E-state index in [1.807, 2.05) is 12.1 Å². The van der Waals surface area contributed by atoms with Crippen LogP contribution < -0.4 is 0 Å². The van der Waals surface area contributed by atoms with Gasteiger partial charge < -0.3 is 0 Å². The molecule has 3 aromatic carbocycles. The van der Waals surface area contributed by atoms with Crippen molar-refractivity contribution in [2.24, 2.45) is 0 Å². The first-order valence-electron chi connectivity index (χ1n) is 8.21. The lowest BCUT2D eigenvalue weighted by Crippen LogP contribution is -2.05. The molecule has 2 heteroatoms. The van der Waals surface area contributed by atoms with Gasteiger partial charge in [0, 0.05) is 0 Å². The van der Waals surface area contributed by atoms with Gasteiger partial charge in [-0.15, -0.1) is 0 Å². The van der Waals surface area contributed by atoms with Gasteiger partial charge >= 0.3 is 0 Å². The molecule has 0 nitrogen and oxygen atoms in total. The summed E-state index contributed by atoms with van der Waals surface area (Å²) in [6.07, 6.45) is 0. The summed E-state index contributed by atoms with van der Waals surface area (Å²) in [6.45, 7) is 6.50. The van der Waals surface area contributed by atoms with Crippen molar-refractivity contribution in [1.82, 2.24) is 0 Å². The van der Waals surface area contributed by atoms with Crippen LogP contribution in [-0.2, 0) is 10.9 Å². The van der Waals surface area contributed by atoms with E-state index in [4.69, 9.17) is 0 Å². The van der Waals surface area contributed by atoms with E-state index in [1.165, 1.54) is 20.9 Å². The van der Waals surface area contributed by atoms with Crippen LogP contribution in [0.2, 0.25) is 0 Å². The lowest BCUT2D eigenvalue weighted by atomic mass is 10.0. The second-order valence-electron chi connectivity index (χ2n) is 6.30. The highest BCUT2D eigenvalue weighted by Gasteiger charge is 2.28. The van der Waals surface area contributed by atoms with Crippen molar-refractivity contribution in [3.8, 4) is 0 Å². The van der Waals surface area contributed by atoms with Crippen LogP contribution in [0.5, 0.6) is 0 Å². The fourth-order valence-electron chi connectivity index (χ4n) is 2.64. The zero-order valence-corrected chi connectivity index (χ0v) is 15.1. The van der Waals surface area contributed by atoms with Crippen molar-refractivity contribution in [1.29, 1.82) is 0 Å². The summed E-state index contributed by atoms with van der Waals surface area (Å²) in [5.41, 5.74) is 2.59. The Hall–Kier alpha value is -2.06. The van der Waals surface area contributed by atoms with Crippen LogP contribution >= 0.6 is 0 Å². The van der Waals surface area contributed by atoms with Gasteiger partial charge in [0.15, 0.2) is 14.7 Å². The summed E-state index contributed by atoms with van der Waals surface area (Å²) in [5.74, 6) is 0.326. The summed E-state index contributed by atoms with van der Waals surface area (Å²) < 4.78 is 13.4. The van der Waals surface area contributed by atoms with Crippen LogP contribution in [0.1, 0.15) is 30.9 Å². The molecule has 0 aliphatic carbocycles. The average Bonchev–Trinajstić information content (AvgIpc) is 2.59. The van der Waals surface area contributed by atoms with Gasteiger partial charge in [-0.25, -0.2) is 4.39 Å². The molecule has 3 rings (SSSR count). The van der Waals surface area contributed by atoms with Gasteiger partial charge in [-0.2, -0.15) is 0 Å². The van der Waals surface area contributed by atoms with Gasteiger partial charge in [0.1, 0.15) is 5.82 Å². The number of aryl methyl sites for hydroxylation is 1. The minimum absolute atomic E-state index is 0.193. The Morgan fingerprint density at radius 1 is 0.667 bits per heavy atom. The molecule has 3 aromatic rings. The van der Waals surface area contributed by atoms with Gasteiger partial charge in [-0.3, -0.25) is 0 Å². The van der Waals surface area contributed by atoms with E-state index in [0.29, 0.717) is 5.92 Å². The zero-order valence-electron chi connectivity index (χ0n) is 14.3. The van der Waals surface area contributed by atoms with Crippen molar-refractivity contribution in [3.05, 3.63) is 89.7 Å². The van der Waals surface area contributed by atoms with E-state index >= 15 is 0 Å². The van der Waals surface area contributed by atoms with Gasteiger partial charge in [-0.1, -0.05) is 43.7 Å². The maximum Gasteiger partial charge on any atom is 0.166 e. The maximum atomic E-state index is 13.4. The molecule has 0 aliphatic rings. The zero-order chi connectivity index (χ0) is 17.1. The third kappa shape index (κ3) is 3.70. The molecule has 0 aliphatic heterocycles. The normalized spacial score (nSPS) is 12.4. The van der Waals surface area contributed by atoms with Crippen molar-refractivity contribution in [2.75, 3.05) is 0 Å². The molecule has 0 bridgehead atoms. The van der Waals surface area contributed by atoms with Gasteiger partial charge in [0.25, 0.3) is 0 Å². The minimum Gasteiger partial charge on any atom is -0.207 e. The van der Waals surface area contributed by atoms with Crippen LogP contribution in [0.25, 0.3) is 0 Å². The smallest absolute Gasteiger partial charge is 0.166 e. The van der Waals surface area contributed by atoms with Crippen molar-refractivity contribution < 1.29 is 4.39 Å². The van der Waals surface area contributed by atoms with Gasteiger partial charge in [0.2, 0.25) is 0 Å². The summed E-state index contributed by atoms with van der Waals surface area (Å²) in [7, 11) is -0.219. The summed E-state index contributed by atoms with van der Waals surface area (Å²) in [6, 6.07) is 24.4. The Morgan fingerprint density at radius 2 is 1.08 bits per heavy atom. The first-order valence-corrected chi connectivity index (χ1v) is 9.43. The lowest BCUT2D eigenvalue weighted by molar-refractivity contribution is 0.626. The quantitative estimate of drug-likeness (QED) is 0.486. The third-order valence-corrected chi connectivity index (χ3v) is 6.32. The van der Waals surface area contributed by atoms with Gasteiger partial charge in [-0.05, 0) is 66.9 Å². The molecule has 24 heavy (non-hydrogen) atoms. The van der Waals surface area contributed by atoms with E-state index in [-0.39, 0.29) is 16.7 Å². The molecule has 0 aromatic heterocycles. The topological polar surface area (TPSA) is 0 Å². The first-order chi connectivity index (χ1) is 11.5. The highest BCUT2D eigenvalue weighted by Crippen LogP contribution is 2.32. The molecule has 1 unspecified atom stereocenters. The Bertz CT molecular complexity index is 741. The fourth-order valence-corrected chi connectivity index (χ4v) is 4.68. The third-order valence-electron chi connectivity index (χ3n) is 4.09. The SMILES string of the molecule is Cc1ccc([S+](c2ccc(F)cc2)c2ccc(C(C)C)cc2)cc1. The average molecular weight is 337 g/mol. The molecule has 1 atom stereocenters. The number of rotatable bonds is 4. The Labute approximate surface area is 146 Å². The predicted octanol–water partition coefficient (Wildman–Crippen LogP) is 6.35. The van der Waals surface area contributed by atoms with E-state index < -0.39 is 0 Å². The minimum atomic E-state index is -0.219. The summed E-state index contributed by atoms with van der Waals surface area (Å²) in [5, 5.41) is 0. The first kappa shape index (κ1) is 16.8. The molecule has 122 valence electrons. The van der Waals surface area contributed by atoms with Crippen molar-refractivity contribution in [2.45, 2.75) is 41.4 Å². The molecular weight excluding hydrogens is 315 g/mol. The largest absolute Gasteiger partial charge is 0.207 e. The number of hydrogen-bond acceptors (Lipinski definition) is 0. The molecule has 0 fully saturated rings. The molecule has 0 amide bonds. The second-order valence-corrected chi connectivity index (χ2v) is 8.32. The number of halogens is 1. The van der Waals surface area contributed by atoms with Crippen LogP contribution in [0, 0.1) is 12.7 Å². The molecule has 0 saturated heterocycles. The van der Waals surface area contributed by atoms with E-state index in [0.717, 1.165) is 4.90 Å². The molecule has 0 radical (unpaired) electrons. The standard InChI is InChI=1S/C22H22FS/c1-16(2)18-6-12-21(13-7-18)24(20-10-4-17(3)5-11-20)22-14-8-19(23)9-15-22/h4-16H,1-3H3/q+1. The fraction of sp³-hybridized carbons (Fsp3) is 0.182. The van der Waals surface area contributed by atoms with Gasteiger partial charge in [0.05, 0.1) is 10.9 Å². The van der Waals surface area contributed by atoms with Crippen LogP contribution in [0.15, 0.2) is 87.5 Å². The molecule has 0 N–H and O–H groups in total. The predicted molar refractivity (Wildman–Crippen MR) is 100 cm³/mol. The van der Waals surface area contributed by atoms with E-state index in [1.54, 1.807) is 12.1 Å². The summed E-state index contributed by atoms with van der Waals surface area (Å²) >= 11 is 0. The highest BCUT2D eigenvalue weighted by molar-refractivity contribution is 7.97. The summed E-state index contributed by atoms with van der Waals surface area (Å²) in [4.78, 5) is 3.65. The number of benzene rings is 3. The Morgan fingerprint density at radius 3 is 1.54 bits per heavy atom. The monoisotopic (exact) mass is 337 g/mol. The number of hydrogen-bond donors (Lipinski definition) is 0. The molecule has 0 spiro atoms. The molecule has 0 heterocycles. The van der Waals surface area contributed by atoms with Crippen LogP contribution in [-0.4, -0.2) is 0 Å². The molecular formula is C22H22FS+. The molecule has 0 saturated carbocycles. The lowest BCUT2D eigenvalue weighted by Gasteiger charge is -2.10. The van der Waals surface area contributed by atoms with Crippen molar-refractivity contribution >= 4 is 10.9 Å². The second kappa shape index (κ2) is 7.23.